The summed E-state index contributed by atoms with van der Waals surface area (Å²) in [5, 5.41) is 0. The highest BCUT2D eigenvalue weighted by Crippen LogP contribution is 2.34. The summed E-state index contributed by atoms with van der Waals surface area (Å²) >= 11 is 0. The Hall–Kier alpha value is -1.91. The van der Waals surface area contributed by atoms with Crippen molar-refractivity contribution in [3.63, 3.8) is 0 Å². The average molecular weight is 407 g/mol. The van der Waals surface area contributed by atoms with Crippen LogP contribution in [-0.2, 0) is 12.6 Å². The van der Waals surface area contributed by atoms with Crippen LogP contribution in [0, 0.1) is 17.7 Å². The second-order valence-corrected chi connectivity index (χ2v) is 8.31. The Bertz CT molecular complexity index is 774. The minimum absolute atomic E-state index is 0.284. The Kier molecular flexibility index (Phi) is 7.31. The molecule has 0 unspecified atom stereocenters. The molecule has 1 aromatic heterocycles. The lowest BCUT2D eigenvalue weighted by Gasteiger charge is -2.28. The van der Waals surface area contributed by atoms with Crippen LogP contribution in [0.5, 0.6) is 0 Å². The van der Waals surface area contributed by atoms with E-state index in [1.54, 1.807) is 6.07 Å². The second-order valence-electron chi connectivity index (χ2n) is 8.31. The number of hydrogen-bond donors (Lipinski definition) is 0. The van der Waals surface area contributed by atoms with E-state index >= 15 is 0 Å². The summed E-state index contributed by atoms with van der Waals surface area (Å²) in [5.41, 5.74) is 0.612. The number of aryl methyl sites for hydroxylation is 1. The summed E-state index contributed by atoms with van der Waals surface area (Å²) in [6.07, 6.45) is 7.63. The molecule has 1 aliphatic rings. The molecule has 3 rings (SSSR count). The second kappa shape index (κ2) is 9.73. The molecule has 0 aliphatic heterocycles. The van der Waals surface area contributed by atoms with E-state index in [1.165, 1.54) is 57.1 Å². The van der Waals surface area contributed by atoms with E-state index < -0.39 is 17.7 Å². The third-order valence-electron chi connectivity index (χ3n) is 6.17. The van der Waals surface area contributed by atoms with Gasteiger partial charge in [0.25, 0.3) is 0 Å². The number of aromatic nitrogens is 1. The predicted octanol–water partition coefficient (Wildman–Crippen LogP) is 7.84. The van der Waals surface area contributed by atoms with E-state index in [1.807, 2.05) is 6.07 Å². The first kappa shape index (κ1) is 21.8. The molecule has 5 heteroatoms. The molecule has 0 spiro atoms. The van der Waals surface area contributed by atoms with Gasteiger partial charge in [-0.3, -0.25) is 4.98 Å². The molecule has 1 aromatic carbocycles. The van der Waals surface area contributed by atoms with Crippen molar-refractivity contribution in [1.82, 2.24) is 4.98 Å². The van der Waals surface area contributed by atoms with Gasteiger partial charge in [0.15, 0.2) is 0 Å². The van der Waals surface area contributed by atoms with Crippen molar-refractivity contribution in [3.8, 4) is 11.1 Å². The van der Waals surface area contributed by atoms with Gasteiger partial charge in [-0.15, -0.1) is 0 Å². The van der Waals surface area contributed by atoms with Crippen molar-refractivity contribution in [2.75, 3.05) is 0 Å². The van der Waals surface area contributed by atoms with E-state index in [0.29, 0.717) is 5.56 Å². The third-order valence-corrected chi connectivity index (χ3v) is 6.17. The Labute approximate surface area is 170 Å². The summed E-state index contributed by atoms with van der Waals surface area (Å²) in [7, 11) is 0. The Morgan fingerprint density at radius 2 is 1.66 bits per heavy atom. The molecule has 0 amide bonds. The largest absolute Gasteiger partial charge is 0.433 e. The summed E-state index contributed by atoms with van der Waals surface area (Å²) in [5.74, 6) is 1.20. The van der Waals surface area contributed by atoms with Crippen molar-refractivity contribution in [3.05, 3.63) is 53.6 Å². The zero-order chi connectivity index (χ0) is 20.9. The molecule has 1 nitrogen and oxygen atoms in total. The number of nitrogens with zero attached hydrogens (tertiary/aromatic N) is 1. The molecule has 1 heterocycles. The van der Waals surface area contributed by atoms with E-state index in [9.17, 15) is 17.6 Å². The van der Waals surface area contributed by atoms with Crippen LogP contribution in [0.25, 0.3) is 11.1 Å². The van der Waals surface area contributed by atoms with E-state index in [0.717, 1.165) is 42.5 Å². The molecule has 2 aromatic rings. The van der Waals surface area contributed by atoms with Crippen LogP contribution in [0.15, 0.2) is 36.5 Å². The van der Waals surface area contributed by atoms with Crippen molar-refractivity contribution < 1.29 is 17.6 Å². The van der Waals surface area contributed by atoms with Gasteiger partial charge < -0.3 is 0 Å². The summed E-state index contributed by atoms with van der Waals surface area (Å²) in [6, 6.07) is 7.20. The topological polar surface area (TPSA) is 12.9 Å². The highest BCUT2D eigenvalue weighted by Gasteiger charge is 2.32. The van der Waals surface area contributed by atoms with Gasteiger partial charge in [-0.1, -0.05) is 70.1 Å². The van der Waals surface area contributed by atoms with Crippen LogP contribution < -0.4 is 0 Å². The van der Waals surface area contributed by atoms with Crippen molar-refractivity contribution in [1.29, 1.82) is 0 Å². The minimum Gasteiger partial charge on any atom is -0.251 e. The van der Waals surface area contributed by atoms with Gasteiger partial charge in [0.2, 0.25) is 0 Å². The molecule has 0 atom stereocenters. The number of alkyl halides is 3. The summed E-state index contributed by atoms with van der Waals surface area (Å²) < 4.78 is 52.5. The lowest BCUT2D eigenvalue weighted by atomic mass is 9.78. The molecule has 1 aliphatic carbocycles. The smallest absolute Gasteiger partial charge is 0.251 e. The van der Waals surface area contributed by atoms with Crippen LogP contribution in [0.1, 0.15) is 69.5 Å². The normalized spacial score (nSPS) is 20.0. The van der Waals surface area contributed by atoms with Crippen molar-refractivity contribution in [2.45, 2.75) is 70.9 Å². The summed E-state index contributed by atoms with van der Waals surface area (Å²) in [6.45, 7) is 2.24. The Morgan fingerprint density at radius 3 is 2.21 bits per heavy atom. The Morgan fingerprint density at radius 1 is 0.966 bits per heavy atom. The maximum absolute atomic E-state index is 14.6. The first-order valence-electron chi connectivity index (χ1n) is 10.7. The molecule has 1 fully saturated rings. The van der Waals surface area contributed by atoms with Gasteiger partial charge in [-0.25, -0.2) is 4.39 Å². The molecule has 0 N–H and O–H groups in total. The number of rotatable bonds is 7. The SMILES string of the molecule is CCCCC1CCC(CCc2ccc(-c3ccc(C(F)(F)F)nc3)c(F)c2)CC1. The molecule has 29 heavy (non-hydrogen) atoms. The van der Waals surface area contributed by atoms with E-state index in [2.05, 4.69) is 11.9 Å². The molecular formula is C24H29F4N. The van der Waals surface area contributed by atoms with Gasteiger partial charge in [-0.05, 0) is 42.4 Å². The molecule has 0 bridgehead atoms. The maximum atomic E-state index is 14.6. The fourth-order valence-corrected chi connectivity index (χ4v) is 4.34. The Balaban J connectivity index is 1.55. The zero-order valence-corrected chi connectivity index (χ0v) is 16.9. The fraction of sp³-hybridized carbons (Fsp3) is 0.542. The first-order chi connectivity index (χ1) is 13.9. The van der Waals surface area contributed by atoms with Gasteiger partial charge in [0.1, 0.15) is 11.5 Å². The quantitative estimate of drug-likeness (QED) is 0.426. The highest BCUT2D eigenvalue weighted by atomic mass is 19.4. The van der Waals surface area contributed by atoms with Crippen LogP contribution in [0.2, 0.25) is 0 Å². The highest BCUT2D eigenvalue weighted by molar-refractivity contribution is 5.63. The van der Waals surface area contributed by atoms with E-state index in [-0.39, 0.29) is 5.56 Å². The van der Waals surface area contributed by atoms with Crippen molar-refractivity contribution >= 4 is 0 Å². The average Bonchev–Trinajstić information content (AvgIpc) is 2.71. The number of hydrogen-bond acceptors (Lipinski definition) is 1. The van der Waals surface area contributed by atoms with Gasteiger partial charge >= 0.3 is 6.18 Å². The van der Waals surface area contributed by atoms with E-state index in [4.69, 9.17) is 0 Å². The zero-order valence-electron chi connectivity index (χ0n) is 16.9. The number of benzene rings is 1. The fourth-order valence-electron chi connectivity index (χ4n) is 4.34. The van der Waals surface area contributed by atoms with Gasteiger partial charge in [-0.2, -0.15) is 13.2 Å². The number of halogens is 4. The standard InChI is InChI=1S/C24H29F4N/c1-2-3-4-17-5-7-18(8-6-17)9-10-19-11-13-21(22(25)15-19)20-12-14-23(29-16-20)24(26,27)28/h11-18H,2-10H2,1H3. The monoisotopic (exact) mass is 407 g/mol. The molecule has 158 valence electrons. The molecule has 0 radical (unpaired) electrons. The molecular weight excluding hydrogens is 378 g/mol. The number of pyridine rings is 1. The van der Waals surface area contributed by atoms with Crippen molar-refractivity contribution in [2.24, 2.45) is 11.8 Å². The minimum atomic E-state index is -4.49. The van der Waals surface area contributed by atoms with Gasteiger partial charge in [0.05, 0.1) is 0 Å². The first-order valence-corrected chi connectivity index (χ1v) is 10.7. The third kappa shape index (κ3) is 6.03. The molecule has 1 saturated carbocycles. The van der Waals surface area contributed by atoms with Crippen LogP contribution in [0.4, 0.5) is 17.6 Å². The number of unbranched alkanes of at least 4 members (excludes halogenated alkanes) is 1. The molecule has 0 saturated heterocycles. The van der Waals surface area contributed by atoms with Crippen LogP contribution in [-0.4, -0.2) is 4.98 Å². The van der Waals surface area contributed by atoms with Crippen LogP contribution >= 0.6 is 0 Å². The predicted molar refractivity (Wildman–Crippen MR) is 108 cm³/mol. The van der Waals surface area contributed by atoms with Crippen LogP contribution in [0.3, 0.4) is 0 Å². The summed E-state index contributed by atoms with van der Waals surface area (Å²) in [4.78, 5) is 3.42. The lowest BCUT2D eigenvalue weighted by Crippen LogP contribution is -2.15. The van der Waals surface area contributed by atoms with Gasteiger partial charge in [0, 0.05) is 17.3 Å². The maximum Gasteiger partial charge on any atom is 0.433 e. The lowest BCUT2D eigenvalue weighted by molar-refractivity contribution is -0.141.